The third-order valence-electron chi connectivity index (χ3n) is 5.64. The first-order valence-corrected chi connectivity index (χ1v) is 12.6. The number of fused-ring (bicyclic) bond motifs is 2. The van der Waals surface area contributed by atoms with Gasteiger partial charge < -0.3 is 14.6 Å². The number of hydrogen-bond donors (Lipinski definition) is 2. The summed E-state index contributed by atoms with van der Waals surface area (Å²) in [7, 11) is 1.47. The van der Waals surface area contributed by atoms with Gasteiger partial charge in [0.2, 0.25) is 0 Å². The van der Waals surface area contributed by atoms with Crippen LogP contribution >= 0.6 is 23.4 Å². The summed E-state index contributed by atoms with van der Waals surface area (Å²) in [6.45, 7) is -0.500. The Kier molecular flexibility index (Phi) is 7.02. The van der Waals surface area contributed by atoms with Crippen molar-refractivity contribution in [1.82, 2.24) is 10.3 Å². The van der Waals surface area contributed by atoms with E-state index in [1.54, 1.807) is 23.2 Å². The molecule has 188 valence electrons. The standard InChI is InChI=1S/C26H21ClN4O5S/c1-35-21-12-16(8-11-20(21)36-13-22(32)33)24-28-19-5-3-2-4-18(19)23-25(34)29-26(30-31(23)24)37-14-15-6-9-17(27)10-7-15/h2-12,24H,13-14H2,1H3,(H,32,33)(H,29,30,34). The first kappa shape index (κ1) is 24.7. The first-order valence-electron chi connectivity index (χ1n) is 11.2. The van der Waals surface area contributed by atoms with E-state index in [9.17, 15) is 9.59 Å². The molecular weight excluding hydrogens is 516 g/mol. The number of amides is 1. The van der Waals surface area contributed by atoms with Gasteiger partial charge >= 0.3 is 5.97 Å². The fraction of sp³-hybridized carbons (Fsp3) is 0.154. The number of carbonyl (C=O) groups excluding carboxylic acids is 1. The van der Waals surface area contributed by atoms with Gasteiger partial charge in [-0.1, -0.05) is 59.8 Å². The molecule has 0 fully saturated rings. The van der Waals surface area contributed by atoms with E-state index in [4.69, 9.17) is 36.3 Å². The molecule has 5 rings (SSSR count). The molecule has 9 nitrogen and oxygen atoms in total. The third-order valence-corrected chi connectivity index (χ3v) is 6.83. The minimum absolute atomic E-state index is 0.283. The fourth-order valence-corrected chi connectivity index (χ4v) is 4.88. The van der Waals surface area contributed by atoms with Crippen molar-refractivity contribution in [2.24, 2.45) is 10.1 Å². The second-order valence-electron chi connectivity index (χ2n) is 8.08. The molecule has 2 N–H and O–H groups in total. The van der Waals surface area contributed by atoms with Crippen LogP contribution in [0.5, 0.6) is 11.5 Å². The minimum Gasteiger partial charge on any atom is -0.493 e. The Morgan fingerprint density at radius 3 is 2.68 bits per heavy atom. The summed E-state index contributed by atoms with van der Waals surface area (Å²) in [4.78, 5) is 29.1. The quantitative estimate of drug-likeness (QED) is 0.477. The molecule has 0 aliphatic carbocycles. The van der Waals surface area contributed by atoms with Crippen molar-refractivity contribution in [2.45, 2.75) is 11.9 Å². The number of para-hydroxylation sites is 1. The summed E-state index contributed by atoms with van der Waals surface area (Å²) in [5.74, 6) is -0.164. The summed E-state index contributed by atoms with van der Waals surface area (Å²) in [5, 5.41) is 20.6. The highest BCUT2D eigenvalue weighted by Crippen LogP contribution is 2.36. The van der Waals surface area contributed by atoms with Gasteiger partial charge in [-0.15, -0.1) is 5.10 Å². The Labute approximate surface area is 221 Å². The summed E-state index contributed by atoms with van der Waals surface area (Å²) in [5.41, 5.74) is 2.11. The van der Waals surface area contributed by atoms with Crippen molar-refractivity contribution < 1.29 is 24.2 Å². The Balaban J connectivity index is 1.52. The van der Waals surface area contributed by atoms with Crippen LogP contribution in [0.15, 0.2) is 76.8 Å². The van der Waals surface area contributed by atoms with E-state index >= 15 is 0 Å². The normalized spacial score (nSPS) is 16.1. The maximum Gasteiger partial charge on any atom is 0.341 e. The smallest absolute Gasteiger partial charge is 0.341 e. The van der Waals surface area contributed by atoms with Crippen molar-refractivity contribution >= 4 is 46.1 Å². The Morgan fingerprint density at radius 2 is 1.92 bits per heavy atom. The molecule has 2 heterocycles. The van der Waals surface area contributed by atoms with Crippen LogP contribution in [0.25, 0.3) is 5.70 Å². The molecule has 2 aliphatic heterocycles. The second kappa shape index (κ2) is 10.5. The van der Waals surface area contributed by atoms with Gasteiger partial charge in [-0.3, -0.25) is 15.1 Å². The lowest BCUT2D eigenvalue weighted by molar-refractivity contribution is -0.139. The van der Waals surface area contributed by atoms with Crippen LogP contribution in [0, 0.1) is 0 Å². The Hall–Kier alpha value is -4.02. The van der Waals surface area contributed by atoms with Gasteiger partial charge in [-0.05, 0) is 35.9 Å². The molecule has 2 aliphatic rings. The SMILES string of the molecule is COc1cc(C2N=c3ccccc3=C3C(=O)NC(SCc4ccc(Cl)cc4)=NN32)ccc1OCC(=O)O. The maximum absolute atomic E-state index is 13.3. The molecular formula is C26H21ClN4O5S. The van der Waals surface area contributed by atoms with Crippen LogP contribution in [0.2, 0.25) is 5.02 Å². The number of ether oxygens (including phenoxy) is 2. The zero-order chi connectivity index (χ0) is 25.9. The fourth-order valence-electron chi connectivity index (χ4n) is 3.95. The molecule has 0 saturated heterocycles. The number of aliphatic carboxylic acids is 1. The lowest BCUT2D eigenvalue weighted by Crippen LogP contribution is -2.50. The van der Waals surface area contributed by atoms with Gasteiger partial charge in [0.25, 0.3) is 5.91 Å². The minimum atomic E-state index is -1.10. The molecule has 3 aromatic rings. The van der Waals surface area contributed by atoms with E-state index in [0.717, 1.165) is 5.56 Å². The molecule has 1 unspecified atom stereocenters. The largest absolute Gasteiger partial charge is 0.493 e. The van der Waals surface area contributed by atoms with Crippen LogP contribution in [0.3, 0.4) is 0 Å². The van der Waals surface area contributed by atoms with Crippen molar-refractivity contribution in [2.75, 3.05) is 13.7 Å². The predicted octanol–water partition coefficient (Wildman–Crippen LogP) is 2.89. The van der Waals surface area contributed by atoms with Crippen LogP contribution in [-0.4, -0.2) is 40.9 Å². The summed E-state index contributed by atoms with van der Waals surface area (Å²) < 4.78 is 10.8. The molecule has 3 aromatic carbocycles. The lowest BCUT2D eigenvalue weighted by atomic mass is 10.1. The number of halogens is 1. The van der Waals surface area contributed by atoms with Crippen LogP contribution in [-0.2, 0) is 15.3 Å². The predicted molar refractivity (Wildman–Crippen MR) is 140 cm³/mol. The van der Waals surface area contributed by atoms with Crippen molar-refractivity contribution in [3.63, 3.8) is 0 Å². The van der Waals surface area contributed by atoms with Crippen LogP contribution < -0.4 is 25.4 Å². The number of carbonyl (C=O) groups is 2. The topological polar surface area (TPSA) is 113 Å². The van der Waals surface area contributed by atoms with E-state index in [-0.39, 0.29) is 11.7 Å². The van der Waals surface area contributed by atoms with E-state index < -0.39 is 18.7 Å². The second-order valence-corrected chi connectivity index (χ2v) is 9.48. The summed E-state index contributed by atoms with van der Waals surface area (Å²) in [6, 6.07) is 19.9. The number of rotatable bonds is 7. The molecule has 0 radical (unpaired) electrons. The molecule has 1 amide bonds. The number of methoxy groups -OCH3 is 1. The zero-order valence-corrected chi connectivity index (χ0v) is 21.1. The molecule has 1 atom stereocenters. The first-order chi connectivity index (χ1) is 17.9. The maximum atomic E-state index is 13.3. The highest BCUT2D eigenvalue weighted by Gasteiger charge is 2.34. The number of thioether (sulfide) groups is 1. The molecule has 0 spiro atoms. The molecule has 0 aromatic heterocycles. The van der Waals surface area contributed by atoms with Crippen LogP contribution in [0.1, 0.15) is 17.3 Å². The van der Waals surface area contributed by atoms with Gasteiger partial charge in [0.1, 0.15) is 5.70 Å². The zero-order valence-electron chi connectivity index (χ0n) is 19.6. The molecule has 37 heavy (non-hydrogen) atoms. The van der Waals surface area contributed by atoms with Gasteiger partial charge in [-0.25, -0.2) is 9.80 Å². The average molecular weight is 537 g/mol. The number of carboxylic acids is 1. The molecule has 11 heteroatoms. The highest BCUT2D eigenvalue weighted by molar-refractivity contribution is 8.13. The number of hydrazone groups is 1. The van der Waals surface area contributed by atoms with Gasteiger partial charge in [0.15, 0.2) is 29.4 Å². The van der Waals surface area contributed by atoms with Crippen molar-refractivity contribution in [3.05, 3.63) is 93.5 Å². The number of hydrogen-bond acceptors (Lipinski definition) is 8. The van der Waals surface area contributed by atoms with Gasteiger partial charge in [0, 0.05) is 21.6 Å². The average Bonchev–Trinajstić information content (AvgIpc) is 2.90. The summed E-state index contributed by atoms with van der Waals surface area (Å²) in [6.07, 6.45) is -0.662. The lowest BCUT2D eigenvalue weighted by Gasteiger charge is -2.34. The van der Waals surface area contributed by atoms with E-state index in [1.165, 1.54) is 18.9 Å². The summed E-state index contributed by atoms with van der Waals surface area (Å²) >= 11 is 7.38. The Bertz CT molecular complexity index is 1530. The Morgan fingerprint density at radius 1 is 1.14 bits per heavy atom. The van der Waals surface area contributed by atoms with E-state index in [1.807, 2.05) is 48.5 Å². The number of nitrogens with zero attached hydrogens (tertiary/aromatic N) is 3. The third kappa shape index (κ3) is 5.25. The van der Waals surface area contributed by atoms with E-state index in [0.29, 0.717) is 43.5 Å². The number of amidine groups is 1. The number of benzene rings is 3. The highest BCUT2D eigenvalue weighted by atomic mass is 35.5. The molecule has 0 saturated carbocycles. The van der Waals surface area contributed by atoms with Crippen LogP contribution in [0.4, 0.5) is 0 Å². The monoisotopic (exact) mass is 536 g/mol. The molecule has 0 bridgehead atoms. The van der Waals surface area contributed by atoms with Crippen molar-refractivity contribution in [3.8, 4) is 11.5 Å². The number of carboxylic acid groups (broad SMARTS) is 1. The van der Waals surface area contributed by atoms with Gasteiger partial charge in [0.05, 0.1) is 12.5 Å². The van der Waals surface area contributed by atoms with Gasteiger partial charge in [-0.2, -0.15) is 0 Å². The van der Waals surface area contributed by atoms with E-state index in [2.05, 4.69) is 5.32 Å². The van der Waals surface area contributed by atoms with Crippen molar-refractivity contribution in [1.29, 1.82) is 0 Å². The number of nitrogens with one attached hydrogen (secondary N) is 1.